The van der Waals surface area contributed by atoms with Crippen LogP contribution in [0.15, 0.2) is 40.9 Å². The summed E-state index contributed by atoms with van der Waals surface area (Å²) in [5.74, 6) is 0.0230. The Balaban J connectivity index is 2.00. The van der Waals surface area contributed by atoms with Gasteiger partial charge in [-0.3, -0.25) is 0 Å². The van der Waals surface area contributed by atoms with Gasteiger partial charge in [0, 0.05) is 23.1 Å². The van der Waals surface area contributed by atoms with Gasteiger partial charge < -0.3 is 10.4 Å². The molecule has 19 heavy (non-hydrogen) atoms. The van der Waals surface area contributed by atoms with Crippen LogP contribution >= 0.6 is 15.9 Å². The number of hydrogen-bond donors (Lipinski definition) is 2. The SMILES string of the molecule is Cc1ccc(O)c(CNCc2cc(F)ccc2Br)c1. The smallest absolute Gasteiger partial charge is 0.123 e. The summed E-state index contributed by atoms with van der Waals surface area (Å²) < 4.78 is 14.0. The lowest BCUT2D eigenvalue weighted by Gasteiger charge is -2.09. The molecule has 2 N–H and O–H groups in total. The summed E-state index contributed by atoms with van der Waals surface area (Å²) in [6.07, 6.45) is 0. The van der Waals surface area contributed by atoms with Crippen molar-refractivity contribution in [1.82, 2.24) is 5.32 Å². The number of aromatic hydroxyl groups is 1. The zero-order valence-corrected chi connectivity index (χ0v) is 12.2. The topological polar surface area (TPSA) is 32.3 Å². The number of phenolic OH excluding ortho intramolecular Hbond substituents is 1. The number of phenols is 1. The highest BCUT2D eigenvalue weighted by atomic mass is 79.9. The van der Waals surface area contributed by atoms with Gasteiger partial charge in [0.2, 0.25) is 0 Å². The second kappa shape index (κ2) is 6.17. The highest BCUT2D eigenvalue weighted by Gasteiger charge is 2.04. The van der Waals surface area contributed by atoms with Crippen LogP contribution in [0.25, 0.3) is 0 Å². The molecule has 0 radical (unpaired) electrons. The van der Waals surface area contributed by atoms with Crippen molar-refractivity contribution in [2.24, 2.45) is 0 Å². The first kappa shape index (κ1) is 14.0. The Hall–Kier alpha value is -1.39. The molecule has 100 valence electrons. The molecule has 0 aliphatic rings. The van der Waals surface area contributed by atoms with Crippen LogP contribution in [-0.2, 0) is 13.1 Å². The second-order valence-corrected chi connectivity index (χ2v) is 5.33. The Morgan fingerprint density at radius 1 is 1.11 bits per heavy atom. The zero-order chi connectivity index (χ0) is 13.8. The molecule has 2 rings (SSSR count). The molecule has 0 amide bonds. The zero-order valence-electron chi connectivity index (χ0n) is 10.6. The van der Waals surface area contributed by atoms with Crippen molar-refractivity contribution in [2.75, 3.05) is 0 Å². The number of nitrogens with one attached hydrogen (secondary N) is 1. The lowest BCUT2D eigenvalue weighted by molar-refractivity contribution is 0.464. The highest BCUT2D eigenvalue weighted by molar-refractivity contribution is 9.10. The Labute approximate surface area is 120 Å². The molecule has 0 aliphatic carbocycles. The Bertz CT molecular complexity index is 535. The molecule has 0 atom stereocenters. The second-order valence-electron chi connectivity index (χ2n) is 4.47. The van der Waals surface area contributed by atoms with Crippen molar-refractivity contribution in [2.45, 2.75) is 20.0 Å². The van der Waals surface area contributed by atoms with Gasteiger partial charge in [-0.2, -0.15) is 0 Å². The third-order valence-electron chi connectivity index (χ3n) is 2.87. The van der Waals surface area contributed by atoms with Crippen LogP contribution in [0.4, 0.5) is 4.39 Å². The molecule has 0 bridgehead atoms. The van der Waals surface area contributed by atoms with Gasteiger partial charge in [-0.25, -0.2) is 4.39 Å². The first-order valence-corrected chi connectivity index (χ1v) is 6.78. The predicted octanol–water partition coefficient (Wildman–Crippen LogP) is 3.89. The molecule has 0 unspecified atom stereocenters. The van der Waals surface area contributed by atoms with Crippen molar-refractivity contribution in [3.8, 4) is 5.75 Å². The van der Waals surface area contributed by atoms with Crippen molar-refractivity contribution in [1.29, 1.82) is 0 Å². The van der Waals surface area contributed by atoms with Gasteiger partial charge in [0.25, 0.3) is 0 Å². The van der Waals surface area contributed by atoms with Gasteiger partial charge in [-0.05, 0) is 36.8 Å². The molecular formula is C15H15BrFNO. The molecule has 2 aromatic rings. The van der Waals surface area contributed by atoms with Gasteiger partial charge in [0.1, 0.15) is 11.6 Å². The van der Waals surface area contributed by atoms with E-state index in [4.69, 9.17) is 0 Å². The summed E-state index contributed by atoms with van der Waals surface area (Å²) in [5.41, 5.74) is 2.79. The molecule has 0 fully saturated rings. The minimum atomic E-state index is -0.251. The van der Waals surface area contributed by atoms with Crippen LogP contribution < -0.4 is 5.32 Å². The van der Waals surface area contributed by atoms with E-state index >= 15 is 0 Å². The molecule has 2 aromatic carbocycles. The van der Waals surface area contributed by atoms with E-state index in [1.54, 1.807) is 12.1 Å². The van der Waals surface area contributed by atoms with Crippen LogP contribution in [0.1, 0.15) is 16.7 Å². The number of halogens is 2. The van der Waals surface area contributed by atoms with Gasteiger partial charge in [0.15, 0.2) is 0 Å². The fourth-order valence-corrected chi connectivity index (χ4v) is 2.25. The molecule has 0 aromatic heterocycles. The summed E-state index contributed by atoms with van der Waals surface area (Å²) in [6, 6.07) is 10.1. The van der Waals surface area contributed by atoms with E-state index < -0.39 is 0 Å². The third kappa shape index (κ3) is 3.78. The Morgan fingerprint density at radius 2 is 1.84 bits per heavy atom. The number of rotatable bonds is 4. The lowest BCUT2D eigenvalue weighted by Crippen LogP contribution is -2.13. The summed E-state index contributed by atoms with van der Waals surface area (Å²) in [6.45, 7) is 3.05. The molecule has 2 nitrogen and oxygen atoms in total. The van der Waals surface area contributed by atoms with Gasteiger partial charge in [-0.1, -0.05) is 33.6 Å². The number of aryl methyl sites for hydroxylation is 1. The number of benzene rings is 2. The highest BCUT2D eigenvalue weighted by Crippen LogP contribution is 2.20. The lowest BCUT2D eigenvalue weighted by atomic mass is 10.1. The molecule has 0 saturated carbocycles. The van der Waals surface area contributed by atoms with Crippen LogP contribution in [0.3, 0.4) is 0 Å². The maximum absolute atomic E-state index is 13.1. The number of hydrogen-bond acceptors (Lipinski definition) is 2. The molecular weight excluding hydrogens is 309 g/mol. The summed E-state index contributed by atoms with van der Waals surface area (Å²) in [5, 5.41) is 12.9. The van der Waals surface area contributed by atoms with E-state index in [-0.39, 0.29) is 11.6 Å². The van der Waals surface area contributed by atoms with Crippen molar-refractivity contribution < 1.29 is 9.50 Å². The minimum Gasteiger partial charge on any atom is -0.508 e. The van der Waals surface area contributed by atoms with Crippen molar-refractivity contribution in [3.05, 3.63) is 63.4 Å². The molecule has 0 saturated heterocycles. The van der Waals surface area contributed by atoms with E-state index in [0.29, 0.717) is 13.1 Å². The molecule has 0 heterocycles. The monoisotopic (exact) mass is 323 g/mol. The van der Waals surface area contributed by atoms with Crippen LogP contribution in [0.5, 0.6) is 5.75 Å². The van der Waals surface area contributed by atoms with Crippen LogP contribution in [0, 0.1) is 12.7 Å². The predicted molar refractivity (Wildman–Crippen MR) is 77.5 cm³/mol. The molecule has 0 spiro atoms. The normalized spacial score (nSPS) is 10.7. The first-order valence-electron chi connectivity index (χ1n) is 5.99. The maximum Gasteiger partial charge on any atom is 0.123 e. The third-order valence-corrected chi connectivity index (χ3v) is 3.65. The average molecular weight is 324 g/mol. The van der Waals surface area contributed by atoms with Gasteiger partial charge in [0.05, 0.1) is 0 Å². The fraction of sp³-hybridized carbons (Fsp3) is 0.200. The Kier molecular flexibility index (Phi) is 4.56. The average Bonchev–Trinajstić information content (AvgIpc) is 2.38. The van der Waals surface area contributed by atoms with E-state index in [1.165, 1.54) is 12.1 Å². The summed E-state index contributed by atoms with van der Waals surface area (Å²) >= 11 is 3.39. The first-order chi connectivity index (χ1) is 9.06. The van der Waals surface area contributed by atoms with E-state index in [1.807, 2.05) is 19.1 Å². The molecule has 0 aliphatic heterocycles. The van der Waals surface area contributed by atoms with E-state index in [2.05, 4.69) is 21.2 Å². The standard InChI is InChI=1S/C15H15BrFNO/c1-10-2-5-15(19)12(6-10)9-18-8-11-7-13(17)3-4-14(11)16/h2-7,18-19H,8-9H2,1H3. The summed E-state index contributed by atoms with van der Waals surface area (Å²) in [4.78, 5) is 0. The van der Waals surface area contributed by atoms with E-state index in [9.17, 15) is 9.50 Å². The molecule has 4 heteroatoms. The van der Waals surface area contributed by atoms with Crippen LogP contribution in [0.2, 0.25) is 0 Å². The van der Waals surface area contributed by atoms with Crippen molar-refractivity contribution >= 4 is 15.9 Å². The minimum absolute atomic E-state index is 0.251. The Morgan fingerprint density at radius 3 is 2.63 bits per heavy atom. The van der Waals surface area contributed by atoms with Crippen molar-refractivity contribution in [3.63, 3.8) is 0 Å². The maximum atomic E-state index is 13.1. The summed E-state index contributed by atoms with van der Waals surface area (Å²) in [7, 11) is 0. The van der Waals surface area contributed by atoms with Gasteiger partial charge in [-0.15, -0.1) is 0 Å². The van der Waals surface area contributed by atoms with Gasteiger partial charge >= 0.3 is 0 Å². The fourth-order valence-electron chi connectivity index (χ4n) is 1.87. The quantitative estimate of drug-likeness (QED) is 0.894. The largest absolute Gasteiger partial charge is 0.508 e. The van der Waals surface area contributed by atoms with E-state index in [0.717, 1.165) is 21.2 Å². The van der Waals surface area contributed by atoms with Crippen LogP contribution in [-0.4, -0.2) is 5.11 Å².